The van der Waals surface area contributed by atoms with Crippen LogP contribution in [0.25, 0.3) is 0 Å². The Hall–Kier alpha value is -1.11. The number of hydrogen-bond donors (Lipinski definition) is 0. The van der Waals surface area contributed by atoms with Crippen LogP contribution in [0.3, 0.4) is 0 Å². The minimum Gasteiger partial charge on any atom is -0.299 e. The standard InChI is InChI=1S/C13H14O/c14-13-10-5-3-7-12(13)11-6-2-1-4-9(11)8-10/h1-2,4,6,10,12H,3,5,7-8H2. The van der Waals surface area contributed by atoms with E-state index in [4.69, 9.17) is 0 Å². The Bertz CT molecular complexity index is 381. The summed E-state index contributed by atoms with van der Waals surface area (Å²) in [6, 6.07) is 8.47. The molecule has 0 amide bonds. The molecule has 0 aromatic heterocycles. The zero-order chi connectivity index (χ0) is 9.54. The first-order chi connectivity index (χ1) is 6.86. The van der Waals surface area contributed by atoms with Gasteiger partial charge in [-0.15, -0.1) is 0 Å². The summed E-state index contributed by atoms with van der Waals surface area (Å²) in [5.74, 6) is 1.08. The molecule has 2 unspecified atom stereocenters. The van der Waals surface area contributed by atoms with Crippen LogP contribution in [0, 0.1) is 5.92 Å². The van der Waals surface area contributed by atoms with Crippen LogP contribution in [-0.4, -0.2) is 5.78 Å². The van der Waals surface area contributed by atoms with Gasteiger partial charge in [0.05, 0.1) is 0 Å². The van der Waals surface area contributed by atoms with Crippen LogP contribution >= 0.6 is 0 Å². The molecule has 2 aliphatic rings. The van der Waals surface area contributed by atoms with Gasteiger partial charge < -0.3 is 0 Å². The zero-order valence-corrected chi connectivity index (χ0v) is 8.20. The second kappa shape index (κ2) is 2.94. The monoisotopic (exact) mass is 186 g/mol. The van der Waals surface area contributed by atoms with Gasteiger partial charge in [-0.25, -0.2) is 0 Å². The molecule has 3 rings (SSSR count). The van der Waals surface area contributed by atoms with Gasteiger partial charge in [-0.3, -0.25) is 4.79 Å². The van der Waals surface area contributed by atoms with E-state index in [1.165, 1.54) is 17.5 Å². The summed E-state index contributed by atoms with van der Waals surface area (Å²) >= 11 is 0. The van der Waals surface area contributed by atoms with E-state index in [1.54, 1.807) is 0 Å². The third kappa shape index (κ3) is 1.05. The fraction of sp³-hybridized carbons (Fsp3) is 0.462. The molecule has 0 radical (unpaired) electrons. The highest BCUT2D eigenvalue weighted by atomic mass is 16.1. The van der Waals surface area contributed by atoms with Crippen molar-refractivity contribution in [1.29, 1.82) is 0 Å². The van der Waals surface area contributed by atoms with Crippen molar-refractivity contribution in [2.45, 2.75) is 31.6 Å². The Labute approximate surface area is 84.1 Å². The van der Waals surface area contributed by atoms with Gasteiger partial charge in [0.25, 0.3) is 0 Å². The average molecular weight is 186 g/mol. The molecule has 1 aromatic carbocycles. The van der Waals surface area contributed by atoms with E-state index in [1.807, 2.05) is 0 Å². The molecular formula is C13H14O. The third-order valence-corrected chi connectivity index (χ3v) is 3.69. The summed E-state index contributed by atoms with van der Waals surface area (Å²) in [7, 11) is 0. The van der Waals surface area contributed by atoms with Crippen molar-refractivity contribution in [3.8, 4) is 0 Å². The van der Waals surface area contributed by atoms with Crippen molar-refractivity contribution in [3.05, 3.63) is 35.4 Å². The van der Waals surface area contributed by atoms with E-state index in [0.29, 0.717) is 11.7 Å². The Morgan fingerprint density at radius 1 is 1.14 bits per heavy atom. The molecule has 0 heterocycles. The van der Waals surface area contributed by atoms with E-state index in [-0.39, 0.29) is 5.92 Å². The summed E-state index contributed by atoms with van der Waals surface area (Å²) in [6.07, 6.45) is 4.41. The number of Topliss-reactive ketones (excluding diaryl/α,β-unsaturated/α-hetero) is 1. The molecule has 2 bridgehead atoms. The number of benzene rings is 1. The second-order valence-corrected chi connectivity index (χ2v) is 4.49. The van der Waals surface area contributed by atoms with Crippen molar-refractivity contribution < 1.29 is 4.79 Å². The predicted molar refractivity (Wildman–Crippen MR) is 55.2 cm³/mol. The topological polar surface area (TPSA) is 17.1 Å². The average Bonchev–Trinajstić information content (AvgIpc) is 2.18. The van der Waals surface area contributed by atoms with Gasteiger partial charge in [0, 0.05) is 11.8 Å². The Morgan fingerprint density at radius 2 is 2.00 bits per heavy atom. The second-order valence-electron chi connectivity index (χ2n) is 4.49. The number of rotatable bonds is 0. The molecule has 72 valence electrons. The molecule has 0 saturated heterocycles. The van der Waals surface area contributed by atoms with Gasteiger partial charge in [-0.2, -0.15) is 0 Å². The number of ketones is 1. The first-order valence-electron chi connectivity index (χ1n) is 5.48. The van der Waals surface area contributed by atoms with E-state index < -0.39 is 0 Å². The Balaban J connectivity index is 2.13. The van der Waals surface area contributed by atoms with Crippen molar-refractivity contribution >= 4 is 5.78 Å². The first-order valence-corrected chi connectivity index (χ1v) is 5.48. The van der Waals surface area contributed by atoms with Crippen molar-refractivity contribution in [2.75, 3.05) is 0 Å². The van der Waals surface area contributed by atoms with E-state index in [9.17, 15) is 4.79 Å². The van der Waals surface area contributed by atoms with Crippen LogP contribution in [0.5, 0.6) is 0 Å². The minimum absolute atomic E-state index is 0.235. The highest BCUT2D eigenvalue weighted by Crippen LogP contribution is 2.40. The lowest BCUT2D eigenvalue weighted by Gasteiger charge is -2.34. The molecule has 1 heteroatoms. The third-order valence-electron chi connectivity index (χ3n) is 3.69. The maximum atomic E-state index is 12.0. The summed E-state index contributed by atoms with van der Waals surface area (Å²) in [4.78, 5) is 12.0. The maximum absolute atomic E-state index is 12.0. The summed E-state index contributed by atoms with van der Waals surface area (Å²) in [5, 5.41) is 0. The van der Waals surface area contributed by atoms with Crippen molar-refractivity contribution in [3.63, 3.8) is 0 Å². The fourth-order valence-corrected chi connectivity index (χ4v) is 2.97. The summed E-state index contributed by atoms with van der Waals surface area (Å²) < 4.78 is 0. The highest BCUT2D eigenvalue weighted by Gasteiger charge is 2.37. The van der Waals surface area contributed by atoms with Crippen LogP contribution in [-0.2, 0) is 11.2 Å². The van der Waals surface area contributed by atoms with Crippen molar-refractivity contribution in [1.82, 2.24) is 0 Å². The lowest BCUT2D eigenvalue weighted by Crippen LogP contribution is -2.33. The van der Waals surface area contributed by atoms with E-state index in [2.05, 4.69) is 24.3 Å². The highest BCUT2D eigenvalue weighted by molar-refractivity contribution is 5.90. The van der Waals surface area contributed by atoms with Crippen LogP contribution < -0.4 is 0 Å². The molecule has 0 spiro atoms. The smallest absolute Gasteiger partial charge is 0.143 e. The Morgan fingerprint density at radius 3 is 2.93 bits per heavy atom. The summed E-state index contributed by atoms with van der Waals surface area (Å²) in [6.45, 7) is 0. The number of hydrogen-bond acceptors (Lipinski definition) is 1. The zero-order valence-electron chi connectivity index (χ0n) is 8.20. The van der Waals surface area contributed by atoms with E-state index >= 15 is 0 Å². The maximum Gasteiger partial charge on any atom is 0.143 e. The van der Waals surface area contributed by atoms with Crippen molar-refractivity contribution in [2.24, 2.45) is 5.92 Å². The van der Waals surface area contributed by atoms with Crippen LogP contribution in [0.15, 0.2) is 24.3 Å². The number of fused-ring (bicyclic) bond motifs is 4. The molecule has 14 heavy (non-hydrogen) atoms. The Kier molecular flexibility index (Phi) is 1.73. The molecule has 1 nitrogen and oxygen atoms in total. The quantitative estimate of drug-likeness (QED) is 0.609. The van der Waals surface area contributed by atoms with E-state index in [0.717, 1.165) is 19.3 Å². The molecule has 2 atom stereocenters. The van der Waals surface area contributed by atoms with Gasteiger partial charge in [0.2, 0.25) is 0 Å². The first kappa shape index (κ1) is 8.22. The normalized spacial score (nSPS) is 29.9. The van der Waals surface area contributed by atoms with Gasteiger partial charge in [-0.05, 0) is 30.4 Å². The minimum atomic E-state index is 0.235. The molecule has 2 aliphatic carbocycles. The molecule has 0 aliphatic heterocycles. The van der Waals surface area contributed by atoms with Gasteiger partial charge in [0.1, 0.15) is 5.78 Å². The molecular weight excluding hydrogens is 172 g/mol. The lowest BCUT2D eigenvalue weighted by atomic mass is 9.68. The molecule has 1 aromatic rings. The molecule has 0 N–H and O–H groups in total. The summed E-state index contributed by atoms with van der Waals surface area (Å²) in [5.41, 5.74) is 2.73. The molecule has 1 fully saturated rings. The van der Waals surface area contributed by atoms with Gasteiger partial charge >= 0.3 is 0 Å². The SMILES string of the molecule is O=C1C2CCCC1c1ccccc1C2. The van der Waals surface area contributed by atoms with Crippen LogP contribution in [0.1, 0.15) is 36.3 Å². The van der Waals surface area contributed by atoms with Crippen LogP contribution in [0.2, 0.25) is 0 Å². The number of carbonyl (C=O) groups is 1. The number of carbonyl (C=O) groups excluding carboxylic acids is 1. The lowest BCUT2D eigenvalue weighted by molar-refractivity contribution is -0.126. The predicted octanol–water partition coefficient (Wildman–Crippen LogP) is 2.70. The largest absolute Gasteiger partial charge is 0.299 e. The van der Waals surface area contributed by atoms with Crippen LogP contribution in [0.4, 0.5) is 0 Å². The molecule has 1 saturated carbocycles. The van der Waals surface area contributed by atoms with Gasteiger partial charge in [0.15, 0.2) is 0 Å². The van der Waals surface area contributed by atoms with Gasteiger partial charge in [-0.1, -0.05) is 30.7 Å². The fourth-order valence-electron chi connectivity index (χ4n) is 2.97.